The van der Waals surface area contributed by atoms with Crippen molar-refractivity contribution < 1.29 is 0 Å². The summed E-state index contributed by atoms with van der Waals surface area (Å²) >= 11 is 4.88. The molecule has 3 N–H and O–H groups in total. The molecule has 2 rings (SSSR count). The zero-order valence-corrected chi connectivity index (χ0v) is 9.73. The van der Waals surface area contributed by atoms with Crippen molar-refractivity contribution in [3.63, 3.8) is 0 Å². The van der Waals surface area contributed by atoms with Crippen LogP contribution in [0.4, 0.5) is 5.82 Å². The lowest BCUT2D eigenvalue weighted by Gasteiger charge is -2.12. The van der Waals surface area contributed by atoms with E-state index in [1.807, 2.05) is 4.68 Å². The van der Waals surface area contributed by atoms with E-state index in [4.69, 9.17) is 18.0 Å². The van der Waals surface area contributed by atoms with Crippen LogP contribution >= 0.6 is 12.2 Å². The first-order valence-corrected chi connectivity index (χ1v) is 5.78. The van der Waals surface area contributed by atoms with Gasteiger partial charge in [0.05, 0.1) is 5.69 Å². The third-order valence-corrected chi connectivity index (χ3v) is 2.87. The Morgan fingerprint density at radius 1 is 1.53 bits per heavy atom. The molecule has 0 aliphatic heterocycles. The fourth-order valence-electron chi connectivity index (χ4n) is 2.09. The maximum atomic E-state index is 5.52. The average Bonchev–Trinajstić information content (AvgIpc) is 2.56. The predicted molar refractivity (Wildman–Crippen MR) is 65.0 cm³/mol. The Hall–Kier alpha value is -1.10. The van der Waals surface area contributed by atoms with Crippen LogP contribution in [0.15, 0.2) is 0 Å². The molecule has 0 saturated carbocycles. The van der Waals surface area contributed by atoms with Gasteiger partial charge in [0.1, 0.15) is 5.82 Å². The lowest BCUT2D eigenvalue weighted by molar-refractivity contribution is 0.635. The van der Waals surface area contributed by atoms with E-state index in [9.17, 15) is 0 Å². The summed E-state index contributed by atoms with van der Waals surface area (Å²) in [6.07, 6.45) is 4.63. The van der Waals surface area contributed by atoms with E-state index in [1.165, 1.54) is 24.1 Å². The van der Waals surface area contributed by atoms with Gasteiger partial charge >= 0.3 is 0 Å². The van der Waals surface area contributed by atoms with Gasteiger partial charge in [-0.1, -0.05) is 0 Å². The van der Waals surface area contributed by atoms with Crippen LogP contribution in [-0.2, 0) is 19.4 Å². The number of hydrogen-bond donors (Lipinski definition) is 2. The first-order valence-electron chi connectivity index (χ1n) is 5.37. The van der Waals surface area contributed by atoms with Crippen LogP contribution in [0.3, 0.4) is 0 Å². The molecule has 0 aromatic carbocycles. The fraction of sp³-hybridized carbons (Fsp3) is 0.600. The number of aryl methyl sites for hydroxylation is 2. The van der Waals surface area contributed by atoms with Crippen LogP contribution in [0, 0.1) is 0 Å². The molecule has 1 aromatic heterocycles. The lowest BCUT2D eigenvalue weighted by atomic mass is 9.97. The Balaban J connectivity index is 2.39. The highest BCUT2D eigenvalue weighted by atomic mass is 32.1. The molecule has 15 heavy (non-hydrogen) atoms. The maximum Gasteiger partial charge on any atom is 0.169 e. The number of anilines is 1. The molecule has 0 spiro atoms. The first-order chi connectivity index (χ1) is 7.22. The summed E-state index contributed by atoms with van der Waals surface area (Å²) in [5, 5.41) is 7.92. The maximum absolute atomic E-state index is 5.52. The van der Waals surface area contributed by atoms with Gasteiger partial charge in [-0.05, 0) is 44.8 Å². The van der Waals surface area contributed by atoms with Crippen LogP contribution in [-0.4, -0.2) is 14.9 Å². The molecule has 1 aromatic rings. The van der Waals surface area contributed by atoms with Gasteiger partial charge in [0, 0.05) is 12.1 Å². The van der Waals surface area contributed by atoms with E-state index in [0.29, 0.717) is 5.11 Å². The van der Waals surface area contributed by atoms with Crippen LogP contribution in [0.25, 0.3) is 0 Å². The van der Waals surface area contributed by atoms with Gasteiger partial charge in [0.15, 0.2) is 5.11 Å². The minimum Gasteiger partial charge on any atom is -0.376 e. The number of nitrogens with one attached hydrogen (secondary N) is 1. The standard InChI is InChI=1S/C10H16N4S/c1-2-14-9(12-10(11)15)7-5-3-4-6-8(7)13-14/h2-6H2,1H3,(H3,11,12,15). The van der Waals surface area contributed by atoms with Crippen molar-refractivity contribution in [2.45, 2.75) is 39.2 Å². The average molecular weight is 224 g/mol. The second-order valence-corrected chi connectivity index (χ2v) is 4.23. The van der Waals surface area contributed by atoms with Gasteiger partial charge in [-0.15, -0.1) is 0 Å². The largest absolute Gasteiger partial charge is 0.376 e. The molecule has 0 bridgehead atoms. The summed E-state index contributed by atoms with van der Waals surface area (Å²) < 4.78 is 1.95. The number of hydrogen-bond acceptors (Lipinski definition) is 2. The van der Waals surface area contributed by atoms with Crippen molar-refractivity contribution in [1.29, 1.82) is 0 Å². The Kier molecular flexibility index (Phi) is 2.90. The number of thiocarbonyl (C=S) groups is 1. The van der Waals surface area contributed by atoms with Crippen molar-refractivity contribution in [1.82, 2.24) is 9.78 Å². The Morgan fingerprint density at radius 3 is 2.93 bits per heavy atom. The number of nitrogens with zero attached hydrogens (tertiary/aromatic N) is 2. The van der Waals surface area contributed by atoms with Crippen molar-refractivity contribution in [3.8, 4) is 0 Å². The molecule has 0 atom stereocenters. The molecule has 4 nitrogen and oxygen atoms in total. The van der Waals surface area contributed by atoms with E-state index in [-0.39, 0.29) is 0 Å². The molecule has 1 aliphatic carbocycles. The molecular formula is C10H16N4S. The Morgan fingerprint density at radius 2 is 2.27 bits per heavy atom. The molecule has 0 fully saturated rings. The topological polar surface area (TPSA) is 55.9 Å². The van der Waals surface area contributed by atoms with Crippen molar-refractivity contribution in [2.75, 3.05) is 5.32 Å². The third-order valence-electron chi connectivity index (χ3n) is 2.77. The number of aromatic nitrogens is 2. The smallest absolute Gasteiger partial charge is 0.169 e. The minimum absolute atomic E-state index is 0.318. The van der Waals surface area contributed by atoms with E-state index in [1.54, 1.807) is 0 Å². The molecule has 0 radical (unpaired) electrons. The zero-order valence-electron chi connectivity index (χ0n) is 8.92. The lowest BCUT2D eigenvalue weighted by Crippen LogP contribution is -2.22. The summed E-state index contributed by atoms with van der Waals surface area (Å²) in [5.41, 5.74) is 8.03. The van der Waals surface area contributed by atoms with Gasteiger partial charge in [-0.2, -0.15) is 5.10 Å². The minimum atomic E-state index is 0.318. The number of fused-ring (bicyclic) bond motifs is 1. The molecule has 0 saturated heterocycles. The predicted octanol–water partition coefficient (Wildman–Crippen LogP) is 1.44. The van der Waals surface area contributed by atoms with Crippen LogP contribution in [0.5, 0.6) is 0 Å². The highest BCUT2D eigenvalue weighted by Gasteiger charge is 2.19. The van der Waals surface area contributed by atoms with Gasteiger partial charge in [-0.25, -0.2) is 4.68 Å². The van der Waals surface area contributed by atoms with Crippen molar-refractivity contribution >= 4 is 23.1 Å². The highest BCUT2D eigenvalue weighted by Crippen LogP contribution is 2.27. The van der Waals surface area contributed by atoms with Gasteiger partial charge < -0.3 is 11.1 Å². The summed E-state index contributed by atoms with van der Waals surface area (Å²) in [6, 6.07) is 0. The normalized spacial score (nSPS) is 14.7. The molecule has 1 heterocycles. The second kappa shape index (κ2) is 4.18. The van der Waals surface area contributed by atoms with Crippen LogP contribution < -0.4 is 11.1 Å². The second-order valence-electron chi connectivity index (χ2n) is 3.79. The summed E-state index contributed by atoms with van der Waals surface area (Å²) in [7, 11) is 0. The monoisotopic (exact) mass is 224 g/mol. The molecular weight excluding hydrogens is 208 g/mol. The molecule has 0 amide bonds. The Labute approximate surface area is 94.8 Å². The quantitative estimate of drug-likeness (QED) is 0.746. The molecule has 0 unspecified atom stereocenters. The zero-order chi connectivity index (χ0) is 10.8. The summed E-state index contributed by atoms with van der Waals surface area (Å²) in [6.45, 7) is 2.92. The van der Waals surface area contributed by atoms with Crippen LogP contribution in [0.2, 0.25) is 0 Å². The molecule has 82 valence electrons. The third kappa shape index (κ3) is 1.97. The van der Waals surface area contributed by atoms with Crippen LogP contribution in [0.1, 0.15) is 31.0 Å². The summed E-state index contributed by atoms with van der Waals surface area (Å²) in [5.74, 6) is 1.000. The van der Waals surface area contributed by atoms with E-state index < -0.39 is 0 Å². The van der Waals surface area contributed by atoms with Crippen molar-refractivity contribution in [3.05, 3.63) is 11.3 Å². The van der Waals surface area contributed by atoms with Gasteiger partial charge in [-0.3, -0.25) is 0 Å². The highest BCUT2D eigenvalue weighted by molar-refractivity contribution is 7.80. The van der Waals surface area contributed by atoms with E-state index in [0.717, 1.165) is 25.2 Å². The SMILES string of the molecule is CCn1nc2c(c1NC(N)=S)CCCC2. The van der Waals surface area contributed by atoms with E-state index in [2.05, 4.69) is 17.3 Å². The molecule has 1 aliphatic rings. The van der Waals surface area contributed by atoms with Gasteiger partial charge in [0.2, 0.25) is 0 Å². The molecule has 5 heteroatoms. The Bertz CT molecular complexity index is 383. The summed E-state index contributed by atoms with van der Waals surface area (Å²) in [4.78, 5) is 0. The fourth-order valence-corrected chi connectivity index (χ4v) is 2.19. The number of rotatable bonds is 2. The van der Waals surface area contributed by atoms with Gasteiger partial charge in [0.25, 0.3) is 0 Å². The van der Waals surface area contributed by atoms with E-state index >= 15 is 0 Å². The number of nitrogens with two attached hydrogens (primary N) is 1. The van der Waals surface area contributed by atoms with Crippen molar-refractivity contribution in [2.24, 2.45) is 5.73 Å². The first kappa shape index (κ1) is 10.4.